The van der Waals surface area contributed by atoms with Crippen LogP contribution in [-0.4, -0.2) is 16.1 Å². The summed E-state index contributed by atoms with van der Waals surface area (Å²) in [6.45, 7) is 1.72. The molecule has 0 aliphatic carbocycles. The van der Waals surface area contributed by atoms with Crippen LogP contribution in [0.3, 0.4) is 0 Å². The Morgan fingerprint density at radius 1 is 1.50 bits per heavy atom. The fourth-order valence-corrected chi connectivity index (χ4v) is 1.54. The van der Waals surface area contributed by atoms with Crippen LogP contribution in [0.5, 0.6) is 0 Å². The summed E-state index contributed by atoms with van der Waals surface area (Å²) in [7, 11) is 0. The van der Waals surface area contributed by atoms with Gasteiger partial charge in [0.1, 0.15) is 12.0 Å². The third-order valence-electron chi connectivity index (χ3n) is 2.11. The molecule has 1 heterocycles. The standard InChI is InChI=1S/C11H8ClNO3/c1-6-13-10(5-16-6)7-2-3-9(12)8(4-7)11(14)15/h2-5H,1H3,(H,14,15). The summed E-state index contributed by atoms with van der Waals surface area (Å²) >= 11 is 5.76. The van der Waals surface area contributed by atoms with Gasteiger partial charge < -0.3 is 9.52 Å². The molecule has 0 aliphatic heterocycles. The SMILES string of the molecule is Cc1nc(-c2ccc(Cl)c(C(=O)O)c2)co1. The zero-order chi connectivity index (χ0) is 11.7. The summed E-state index contributed by atoms with van der Waals surface area (Å²) in [6.07, 6.45) is 1.48. The maximum atomic E-state index is 10.9. The van der Waals surface area contributed by atoms with Crippen molar-refractivity contribution in [2.24, 2.45) is 0 Å². The Morgan fingerprint density at radius 2 is 2.25 bits per heavy atom. The van der Waals surface area contributed by atoms with Crippen LogP contribution in [0.2, 0.25) is 5.02 Å². The zero-order valence-corrected chi connectivity index (χ0v) is 9.15. The number of carbonyl (C=O) groups is 1. The van der Waals surface area contributed by atoms with Crippen LogP contribution in [-0.2, 0) is 0 Å². The lowest BCUT2D eigenvalue weighted by molar-refractivity contribution is 0.0697. The second-order valence-corrected chi connectivity index (χ2v) is 3.66. The molecule has 0 bridgehead atoms. The maximum absolute atomic E-state index is 10.9. The summed E-state index contributed by atoms with van der Waals surface area (Å²) in [5, 5.41) is 9.12. The lowest BCUT2D eigenvalue weighted by atomic mass is 10.1. The minimum absolute atomic E-state index is 0.0554. The molecule has 4 nitrogen and oxygen atoms in total. The Bertz CT molecular complexity index is 548. The van der Waals surface area contributed by atoms with Crippen molar-refractivity contribution in [1.29, 1.82) is 0 Å². The van der Waals surface area contributed by atoms with E-state index in [9.17, 15) is 4.79 Å². The van der Waals surface area contributed by atoms with Gasteiger partial charge in [-0.2, -0.15) is 0 Å². The summed E-state index contributed by atoms with van der Waals surface area (Å²) in [4.78, 5) is 15.0. The summed E-state index contributed by atoms with van der Waals surface area (Å²) in [5.74, 6) is -0.533. The third-order valence-corrected chi connectivity index (χ3v) is 2.44. The first-order valence-corrected chi connectivity index (χ1v) is 4.91. The molecule has 0 saturated heterocycles. The minimum atomic E-state index is -1.06. The van der Waals surface area contributed by atoms with Gasteiger partial charge in [-0.15, -0.1) is 0 Å². The zero-order valence-electron chi connectivity index (χ0n) is 8.40. The van der Waals surface area contributed by atoms with Crippen LogP contribution in [0, 0.1) is 6.92 Å². The number of nitrogens with zero attached hydrogens (tertiary/aromatic N) is 1. The van der Waals surface area contributed by atoms with Gasteiger partial charge in [-0.25, -0.2) is 9.78 Å². The number of carboxylic acids is 1. The normalized spacial score (nSPS) is 10.4. The number of aromatic nitrogens is 1. The van der Waals surface area contributed by atoms with Crippen molar-refractivity contribution in [3.05, 3.63) is 40.9 Å². The van der Waals surface area contributed by atoms with Crippen LogP contribution in [0.1, 0.15) is 16.2 Å². The van der Waals surface area contributed by atoms with Crippen molar-refractivity contribution < 1.29 is 14.3 Å². The highest BCUT2D eigenvalue weighted by atomic mass is 35.5. The first kappa shape index (κ1) is 10.7. The largest absolute Gasteiger partial charge is 0.478 e. The molecule has 2 rings (SSSR count). The second-order valence-electron chi connectivity index (χ2n) is 3.25. The number of halogens is 1. The molecule has 0 saturated carbocycles. The smallest absolute Gasteiger partial charge is 0.337 e. The highest BCUT2D eigenvalue weighted by Crippen LogP contribution is 2.24. The number of oxazole rings is 1. The molecule has 1 aromatic heterocycles. The van der Waals surface area contributed by atoms with E-state index in [0.717, 1.165) is 0 Å². The van der Waals surface area contributed by atoms with Crippen molar-refractivity contribution >= 4 is 17.6 Å². The number of rotatable bonds is 2. The first-order chi connectivity index (χ1) is 7.58. The van der Waals surface area contributed by atoms with E-state index >= 15 is 0 Å². The topological polar surface area (TPSA) is 63.3 Å². The highest BCUT2D eigenvalue weighted by Gasteiger charge is 2.11. The number of hydrogen-bond acceptors (Lipinski definition) is 3. The highest BCUT2D eigenvalue weighted by molar-refractivity contribution is 6.33. The number of hydrogen-bond donors (Lipinski definition) is 1. The van der Waals surface area contributed by atoms with E-state index in [1.807, 2.05) is 0 Å². The molecule has 0 fully saturated rings. The average Bonchev–Trinajstić information content (AvgIpc) is 2.65. The summed E-state index contributed by atoms with van der Waals surface area (Å²) in [6, 6.07) is 4.71. The van der Waals surface area contributed by atoms with Crippen molar-refractivity contribution in [2.75, 3.05) is 0 Å². The van der Waals surface area contributed by atoms with Crippen LogP contribution in [0.15, 0.2) is 28.9 Å². The molecule has 0 spiro atoms. The number of aryl methyl sites for hydroxylation is 1. The lowest BCUT2D eigenvalue weighted by Crippen LogP contribution is -1.97. The van der Waals surface area contributed by atoms with Crippen LogP contribution in [0.25, 0.3) is 11.3 Å². The second kappa shape index (κ2) is 3.98. The van der Waals surface area contributed by atoms with Gasteiger partial charge in [0.15, 0.2) is 5.89 Å². The summed E-state index contributed by atoms with van der Waals surface area (Å²) in [5.41, 5.74) is 1.31. The third kappa shape index (κ3) is 1.92. The average molecular weight is 238 g/mol. The number of benzene rings is 1. The van der Waals surface area contributed by atoms with E-state index in [0.29, 0.717) is 17.1 Å². The Morgan fingerprint density at radius 3 is 2.81 bits per heavy atom. The van der Waals surface area contributed by atoms with Gasteiger partial charge in [-0.1, -0.05) is 17.7 Å². The van der Waals surface area contributed by atoms with E-state index < -0.39 is 5.97 Å². The quantitative estimate of drug-likeness (QED) is 0.872. The number of carboxylic acid groups (broad SMARTS) is 1. The Labute approximate surface area is 96.5 Å². The predicted molar refractivity (Wildman–Crippen MR) is 58.6 cm³/mol. The molecule has 0 aliphatic rings. The molecule has 0 radical (unpaired) electrons. The molecule has 0 amide bonds. The number of aromatic carboxylic acids is 1. The van der Waals surface area contributed by atoms with E-state index in [1.54, 1.807) is 13.0 Å². The van der Waals surface area contributed by atoms with Crippen molar-refractivity contribution in [1.82, 2.24) is 4.98 Å². The van der Waals surface area contributed by atoms with Crippen LogP contribution < -0.4 is 0 Å². The molecule has 1 aromatic carbocycles. The van der Waals surface area contributed by atoms with Gasteiger partial charge in [0.2, 0.25) is 0 Å². The molecule has 0 atom stereocenters. The van der Waals surface area contributed by atoms with Crippen LogP contribution >= 0.6 is 11.6 Å². The Balaban J connectivity index is 2.51. The van der Waals surface area contributed by atoms with Gasteiger partial charge in [0.25, 0.3) is 0 Å². The molecule has 0 unspecified atom stereocenters. The molecular formula is C11H8ClNO3. The van der Waals surface area contributed by atoms with Gasteiger partial charge in [0.05, 0.1) is 10.6 Å². The molecule has 5 heteroatoms. The van der Waals surface area contributed by atoms with Gasteiger partial charge >= 0.3 is 5.97 Å². The van der Waals surface area contributed by atoms with E-state index in [1.165, 1.54) is 18.4 Å². The van der Waals surface area contributed by atoms with Crippen molar-refractivity contribution in [3.8, 4) is 11.3 Å². The monoisotopic (exact) mass is 237 g/mol. The van der Waals surface area contributed by atoms with Gasteiger partial charge in [0, 0.05) is 12.5 Å². The fourth-order valence-electron chi connectivity index (χ4n) is 1.34. The van der Waals surface area contributed by atoms with E-state index in [4.69, 9.17) is 21.1 Å². The fraction of sp³-hybridized carbons (Fsp3) is 0.0909. The predicted octanol–water partition coefficient (Wildman–Crippen LogP) is 3.00. The molecule has 2 aromatic rings. The Hall–Kier alpha value is -1.81. The molecule has 16 heavy (non-hydrogen) atoms. The van der Waals surface area contributed by atoms with Gasteiger partial charge in [-0.05, 0) is 12.1 Å². The summed E-state index contributed by atoms with van der Waals surface area (Å²) < 4.78 is 5.06. The van der Waals surface area contributed by atoms with E-state index in [-0.39, 0.29) is 10.6 Å². The van der Waals surface area contributed by atoms with Gasteiger partial charge in [-0.3, -0.25) is 0 Å². The maximum Gasteiger partial charge on any atom is 0.337 e. The van der Waals surface area contributed by atoms with Crippen LogP contribution in [0.4, 0.5) is 0 Å². The minimum Gasteiger partial charge on any atom is -0.478 e. The van der Waals surface area contributed by atoms with Crippen molar-refractivity contribution in [3.63, 3.8) is 0 Å². The molecular weight excluding hydrogens is 230 g/mol. The van der Waals surface area contributed by atoms with E-state index in [2.05, 4.69) is 4.98 Å². The molecule has 82 valence electrons. The Kier molecular flexibility index (Phi) is 2.66. The lowest BCUT2D eigenvalue weighted by Gasteiger charge is -2.01. The van der Waals surface area contributed by atoms with Crippen molar-refractivity contribution in [2.45, 2.75) is 6.92 Å². The first-order valence-electron chi connectivity index (χ1n) is 4.53. The molecule has 1 N–H and O–H groups in total.